The Morgan fingerprint density at radius 1 is 1.47 bits per heavy atom. The molecule has 1 aromatic rings. The first-order chi connectivity index (χ1) is 9.10. The summed E-state index contributed by atoms with van der Waals surface area (Å²) < 4.78 is 6.40. The molecule has 1 aliphatic rings. The summed E-state index contributed by atoms with van der Waals surface area (Å²) in [6.45, 7) is 3.03. The van der Waals surface area contributed by atoms with Crippen molar-refractivity contribution in [3.05, 3.63) is 28.2 Å². The first kappa shape index (κ1) is 14.8. The Bertz CT molecular complexity index is 459. The van der Waals surface area contributed by atoms with Gasteiger partial charge in [-0.1, -0.05) is 28.1 Å². The van der Waals surface area contributed by atoms with Crippen molar-refractivity contribution in [1.29, 1.82) is 0 Å². The SMILES string of the molecule is COc1ccc(Br)c(CN2CCC(C(N)=S)CC2)c1. The minimum atomic E-state index is 0.417. The number of nitrogens with two attached hydrogens (primary N) is 1. The van der Waals surface area contributed by atoms with E-state index in [4.69, 9.17) is 22.7 Å². The second kappa shape index (κ2) is 6.68. The number of piperidine rings is 1. The van der Waals surface area contributed by atoms with Crippen molar-refractivity contribution in [1.82, 2.24) is 4.90 Å². The van der Waals surface area contributed by atoms with Gasteiger partial charge >= 0.3 is 0 Å². The highest BCUT2D eigenvalue weighted by Gasteiger charge is 2.21. The van der Waals surface area contributed by atoms with Gasteiger partial charge in [-0.3, -0.25) is 4.90 Å². The maximum absolute atomic E-state index is 5.72. The van der Waals surface area contributed by atoms with Crippen molar-refractivity contribution in [2.45, 2.75) is 19.4 Å². The first-order valence-electron chi connectivity index (χ1n) is 6.44. The van der Waals surface area contributed by atoms with Crippen molar-refractivity contribution in [3.8, 4) is 5.75 Å². The molecular weight excluding hydrogens is 324 g/mol. The van der Waals surface area contributed by atoms with Gasteiger partial charge in [0, 0.05) is 16.9 Å². The minimum Gasteiger partial charge on any atom is -0.497 e. The third-order valence-corrected chi connectivity index (χ3v) is 4.74. The van der Waals surface area contributed by atoms with Crippen LogP contribution in [0.5, 0.6) is 5.75 Å². The van der Waals surface area contributed by atoms with Gasteiger partial charge in [-0.15, -0.1) is 0 Å². The first-order valence-corrected chi connectivity index (χ1v) is 7.64. The van der Waals surface area contributed by atoms with Crippen LogP contribution in [0.2, 0.25) is 0 Å². The Balaban J connectivity index is 1.97. The van der Waals surface area contributed by atoms with Crippen molar-refractivity contribution in [2.24, 2.45) is 11.7 Å². The molecule has 1 saturated heterocycles. The van der Waals surface area contributed by atoms with Crippen LogP contribution in [-0.2, 0) is 6.54 Å². The highest BCUT2D eigenvalue weighted by Crippen LogP contribution is 2.26. The lowest BCUT2D eigenvalue weighted by atomic mass is 9.96. The van der Waals surface area contributed by atoms with Crippen molar-refractivity contribution >= 4 is 33.1 Å². The Morgan fingerprint density at radius 3 is 2.74 bits per heavy atom. The summed E-state index contributed by atoms with van der Waals surface area (Å²) in [6, 6.07) is 6.09. The molecule has 0 spiro atoms. The average Bonchev–Trinajstić information content (AvgIpc) is 2.42. The molecule has 0 bridgehead atoms. The lowest BCUT2D eigenvalue weighted by molar-refractivity contribution is 0.202. The van der Waals surface area contributed by atoms with Crippen molar-refractivity contribution in [2.75, 3.05) is 20.2 Å². The molecule has 19 heavy (non-hydrogen) atoms. The lowest BCUT2D eigenvalue weighted by Crippen LogP contribution is -2.37. The average molecular weight is 343 g/mol. The van der Waals surface area contributed by atoms with Gasteiger partial charge in [0.15, 0.2) is 0 Å². The van der Waals surface area contributed by atoms with Crippen LogP contribution in [0.3, 0.4) is 0 Å². The van der Waals surface area contributed by atoms with Gasteiger partial charge in [-0.25, -0.2) is 0 Å². The second-order valence-corrected chi connectivity index (χ2v) is 6.24. The molecular formula is C14H19BrN2OS. The molecule has 0 aliphatic carbocycles. The number of likely N-dealkylation sites (tertiary alicyclic amines) is 1. The van der Waals surface area contributed by atoms with E-state index in [0.29, 0.717) is 10.9 Å². The number of halogens is 1. The van der Waals surface area contributed by atoms with Gasteiger partial charge in [0.1, 0.15) is 5.75 Å². The maximum atomic E-state index is 5.72. The molecule has 104 valence electrons. The largest absolute Gasteiger partial charge is 0.497 e. The molecule has 0 saturated carbocycles. The zero-order chi connectivity index (χ0) is 13.8. The second-order valence-electron chi connectivity index (χ2n) is 4.91. The summed E-state index contributed by atoms with van der Waals surface area (Å²) in [7, 11) is 1.70. The summed E-state index contributed by atoms with van der Waals surface area (Å²) >= 11 is 8.67. The monoisotopic (exact) mass is 342 g/mol. The Hall–Kier alpha value is -0.650. The van der Waals surface area contributed by atoms with Crippen LogP contribution in [-0.4, -0.2) is 30.1 Å². The molecule has 0 radical (unpaired) electrons. The minimum absolute atomic E-state index is 0.417. The van der Waals surface area contributed by atoms with Gasteiger partial charge in [-0.05, 0) is 49.7 Å². The van der Waals surface area contributed by atoms with Gasteiger partial charge in [0.05, 0.1) is 12.1 Å². The number of nitrogens with zero attached hydrogens (tertiary/aromatic N) is 1. The smallest absolute Gasteiger partial charge is 0.119 e. The zero-order valence-corrected chi connectivity index (χ0v) is 13.5. The molecule has 0 unspecified atom stereocenters. The van der Waals surface area contributed by atoms with Crippen LogP contribution < -0.4 is 10.5 Å². The molecule has 1 heterocycles. The number of benzene rings is 1. The van der Waals surface area contributed by atoms with Crippen LogP contribution in [0, 0.1) is 5.92 Å². The fourth-order valence-corrected chi connectivity index (χ4v) is 3.02. The molecule has 1 aliphatic heterocycles. The van der Waals surface area contributed by atoms with E-state index in [2.05, 4.69) is 26.9 Å². The van der Waals surface area contributed by atoms with Crippen LogP contribution in [0.4, 0.5) is 0 Å². The highest BCUT2D eigenvalue weighted by molar-refractivity contribution is 9.10. The molecule has 1 aromatic carbocycles. The standard InChI is InChI=1S/C14H19BrN2OS/c1-18-12-2-3-13(15)11(8-12)9-17-6-4-10(5-7-17)14(16)19/h2-3,8,10H,4-7,9H2,1H3,(H2,16,19). The summed E-state index contributed by atoms with van der Waals surface area (Å²) in [5, 5.41) is 0. The summed E-state index contributed by atoms with van der Waals surface area (Å²) in [6.07, 6.45) is 2.13. The number of ether oxygens (including phenoxy) is 1. The van der Waals surface area contributed by atoms with Gasteiger partial charge in [0.2, 0.25) is 0 Å². The summed E-state index contributed by atoms with van der Waals surface area (Å²) in [4.78, 5) is 3.11. The molecule has 0 aromatic heterocycles. The maximum Gasteiger partial charge on any atom is 0.119 e. The molecule has 5 heteroatoms. The van der Waals surface area contributed by atoms with Crippen LogP contribution >= 0.6 is 28.1 Å². The fraction of sp³-hybridized carbons (Fsp3) is 0.500. The Kier molecular flexibility index (Phi) is 5.19. The van der Waals surface area contributed by atoms with E-state index in [1.165, 1.54) is 5.56 Å². The van der Waals surface area contributed by atoms with Crippen LogP contribution in [0.15, 0.2) is 22.7 Å². The van der Waals surface area contributed by atoms with Gasteiger partial charge in [0.25, 0.3) is 0 Å². The van der Waals surface area contributed by atoms with E-state index in [0.717, 1.165) is 42.7 Å². The number of rotatable bonds is 4. The van der Waals surface area contributed by atoms with Gasteiger partial charge < -0.3 is 10.5 Å². The van der Waals surface area contributed by atoms with Crippen LogP contribution in [0.1, 0.15) is 18.4 Å². The third kappa shape index (κ3) is 3.91. The highest BCUT2D eigenvalue weighted by atomic mass is 79.9. The number of hydrogen-bond acceptors (Lipinski definition) is 3. The third-order valence-electron chi connectivity index (χ3n) is 3.64. The fourth-order valence-electron chi connectivity index (χ4n) is 2.42. The predicted octanol–water partition coefficient (Wildman–Crippen LogP) is 2.96. The van der Waals surface area contributed by atoms with Crippen molar-refractivity contribution in [3.63, 3.8) is 0 Å². The Labute approximate surface area is 128 Å². The molecule has 0 amide bonds. The molecule has 0 atom stereocenters. The predicted molar refractivity (Wildman–Crippen MR) is 85.5 cm³/mol. The van der Waals surface area contributed by atoms with Crippen molar-refractivity contribution < 1.29 is 4.74 Å². The quantitative estimate of drug-likeness (QED) is 0.853. The van der Waals surface area contributed by atoms with E-state index in [-0.39, 0.29) is 0 Å². The van der Waals surface area contributed by atoms with Gasteiger partial charge in [-0.2, -0.15) is 0 Å². The number of thiocarbonyl (C=S) groups is 1. The molecule has 2 N–H and O–H groups in total. The summed E-state index contributed by atoms with van der Waals surface area (Å²) in [5.74, 6) is 1.32. The van der Waals surface area contributed by atoms with Crippen LogP contribution in [0.25, 0.3) is 0 Å². The lowest BCUT2D eigenvalue weighted by Gasteiger charge is -2.31. The normalized spacial score (nSPS) is 17.4. The molecule has 3 nitrogen and oxygen atoms in total. The topological polar surface area (TPSA) is 38.5 Å². The van der Waals surface area contributed by atoms with E-state index in [1.807, 2.05) is 12.1 Å². The van der Waals surface area contributed by atoms with E-state index in [1.54, 1.807) is 7.11 Å². The number of methoxy groups -OCH3 is 1. The number of hydrogen-bond donors (Lipinski definition) is 1. The molecule has 2 rings (SSSR count). The molecule has 1 fully saturated rings. The zero-order valence-electron chi connectivity index (χ0n) is 11.1. The van der Waals surface area contributed by atoms with E-state index < -0.39 is 0 Å². The van der Waals surface area contributed by atoms with E-state index in [9.17, 15) is 0 Å². The van der Waals surface area contributed by atoms with E-state index >= 15 is 0 Å². The Morgan fingerprint density at radius 2 is 2.16 bits per heavy atom. The summed E-state index contributed by atoms with van der Waals surface area (Å²) in [5.41, 5.74) is 6.97.